The van der Waals surface area contributed by atoms with Crippen molar-refractivity contribution >= 4 is 66.3 Å². The first-order valence-electron chi connectivity index (χ1n) is 16.8. The molecule has 5 rings (SSSR count). The van der Waals surface area contributed by atoms with Crippen molar-refractivity contribution in [3.05, 3.63) is 92.4 Å². The number of piperazine rings is 1. The third kappa shape index (κ3) is 7.91. The standard InChI is InChI=1S/C36H43Cl3N4O6S2/c1-6-49-31-24-30(39)32(50(5,45)46)23-29(31)33-40-35(3,25-9-13-27(37)14-10-25)36(4,26-11-15-28(38)16-12-26)43(33)34(44)42-20-18-41(19-21-42)17-8-22-51(47,48)7-2/h9-16,23-24H,6-8,17-22H2,1-5H3/t35-,36+/m0/s1. The third-order valence-corrected chi connectivity index (χ3v) is 13.8. The van der Waals surface area contributed by atoms with Crippen molar-refractivity contribution < 1.29 is 26.4 Å². The predicted octanol–water partition coefficient (Wildman–Crippen LogP) is 6.90. The first kappa shape index (κ1) is 39.3. The second-order valence-corrected chi connectivity index (χ2v) is 18.9. The fourth-order valence-corrected chi connectivity index (χ4v) is 9.22. The van der Waals surface area contributed by atoms with E-state index >= 15 is 4.79 Å². The topological polar surface area (TPSA) is 117 Å². The number of hydrogen-bond donors (Lipinski definition) is 0. The summed E-state index contributed by atoms with van der Waals surface area (Å²) in [5.41, 5.74) is -0.541. The van der Waals surface area contributed by atoms with Gasteiger partial charge in [0.15, 0.2) is 9.84 Å². The molecule has 2 aliphatic heterocycles. The lowest BCUT2D eigenvalue weighted by atomic mass is 9.71. The molecule has 0 bridgehead atoms. The quantitative estimate of drug-likeness (QED) is 0.207. The molecule has 0 saturated carbocycles. The van der Waals surface area contributed by atoms with Crippen LogP contribution in [0.2, 0.25) is 15.1 Å². The molecule has 0 spiro atoms. The van der Waals surface area contributed by atoms with Gasteiger partial charge in [0.2, 0.25) is 0 Å². The van der Waals surface area contributed by atoms with E-state index in [9.17, 15) is 16.8 Å². The molecule has 15 heteroatoms. The SMILES string of the molecule is CCOc1cc(Cl)c(S(C)(=O)=O)cc1C1=N[C@@](C)(c2ccc(Cl)cc2)[C@@](C)(c2ccc(Cl)cc2)N1C(=O)N1CCN(CCCS(=O)(=O)CC)CC1. The van der Waals surface area contributed by atoms with Crippen molar-refractivity contribution in [3.8, 4) is 5.75 Å². The molecule has 0 N–H and O–H groups in total. The van der Waals surface area contributed by atoms with Gasteiger partial charge in [-0.15, -0.1) is 0 Å². The zero-order chi connectivity index (χ0) is 37.4. The first-order chi connectivity index (χ1) is 23.9. The summed E-state index contributed by atoms with van der Waals surface area (Å²) in [7, 11) is -6.87. The highest BCUT2D eigenvalue weighted by Gasteiger charge is 2.60. The summed E-state index contributed by atoms with van der Waals surface area (Å²) in [4.78, 5) is 26.0. The van der Waals surface area contributed by atoms with Crippen LogP contribution in [0, 0.1) is 0 Å². The second-order valence-electron chi connectivity index (χ2n) is 13.1. The van der Waals surface area contributed by atoms with E-state index in [-0.39, 0.29) is 45.6 Å². The van der Waals surface area contributed by atoms with Crippen LogP contribution in [0.1, 0.15) is 50.8 Å². The van der Waals surface area contributed by atoms with Crippen LogP contribution in [0.3, 0.4) is 0 Å². The average molecular weight is 798 g/mol. The number of sulfone groups is 2. The van der Waals surface area contributed by atoms with E-state index in [2.05, 4.69) is 4.90 Å². The number of benzene rings is 3. The van der Waals surface area contributed by atoms with Gasteiger partial charge >= 0.3 is 6.03 Å². The summed E-state index contributed by atoms with van der Waals surface area (Å²) in [6.45, 7) is 10.0. The van der Waals surface area contributed by atoms with Crippen LogP contribution < -0.4 is 4.74 Å². The third-order valence-electron chi connectivity index (χ3n) is 9.93. The minimum atomic E-state index is -3.80. The molecule has 2 aliphatic rings. The van der Waals surface area contributed by atoms with Gasteiger partial charge in [-0.05, 0) is 75.2 Å². The maximum atomic E-state index is 15.2. The van der Waals surface area contributed by atoms with Crippen LogP contribution in [0.15, 0.2) is 70.6 Å². The summed E-state index contributed by atoms with van der Waals surface area (Å²) in [6, 6.07) is 17.1. The molecule has 0 aromatic heterocycles. The van der Waals surface area contributed by atoms with Gasteiger partial charge in [-0.1, -0.05) is 66.0 Å². The monoisotopic (exact) mass is 796 g/mol. The van der Waals surface area contributed by atoms with Gasteiger partial charge in [0, 0.05) is 54.3 Å². The van der Waals surface area contributed by atoms with E-state index in [0.29, 0.717) is 54.8 Å². The summed E-state index contributed by atoms with van der Waals surface area (Å²) < 4.78 is 56.1. The highest BCUT2D eigenvalue weighted by molar-refractivity contribution is 7.91. The Balaban J connectivity index is 1.67. The molecule has 276 valence electrons. The van der Waals surface area contributed by atoms with Gasteiger partial charge in [-0.2, -0.15) is 0 Å². The number of rotatable bonds is 11. The van der Waals surface area contributed by atoms with Crippen LogP contribution in [0.25, 0.3) is 0 Å². The Labute approximate surface area is 316 Å². The van der Waals surface area contributed by atoms with Crippen molar-refractivity contribution in [1.82, 2.24) is 14.7 Å². The molecule has 2 atom stereocenters. The number of amidine groups is 1. The van der Waals surface area contributed by atoms with Crippen molar-refractivity contribution in [3.63, 3.8) is 0 Å². The Morgan fingerprint density at radius 2 is 1.43 bits per heavy atom. The van der Waals surface area contributed by atoms with Crippen LogP contribution in [0.4, 0.5) is 4.79 Å². The lowest BCUT2D eigenvalue weighted by molar-refractivity contribution is 0.0868. The van der Waals surface area contributed by atoms with E-state index in [1.165, 1.54) is 12.1 Å². The molecule has 1 fully saturated rings. The van der Waals surface area contributed by atoms with Crippen LogP contribution in [-0.4, -0.2) is 100 Å². The van der Waals surface area contributed by atoms with Crippen LogP contribution in [0.5, 0.6) is 5.75 Å². The zero-order valence-electron chi connectivity index (χ0n) is 29.3. The Kier molecular flexibility index (Phi) is 11.8. The predicted molar refractivity (Wildman–Crippen MR) is 204 cm³/mol. The van der Waals surface area contributed by atoms with Crippen LogP contribution >= 0.6 is 34.8 Å². The maximum absolute atomic E-state index is 15.2. The average Bonchev–Trinajstić information content (AvgIpc) is 3.32. The Bertz CT molecular complexity index is 2020. The maximum Gasteiger partial charge on any atom is 0.326 e. The second kappa shape index (κ2) is 15.2. The minimum Gasteiger partial charge on any atom is -0.493 e. The van der Waals surface area contributed by atoms with Crippen molar-refractivity contribution in [2.24, 2.45) is 4.99 Å². The van der Waals surface area contributed by atoms with E-state index in [4.69, 9.17) is 44.5 Å². The number of carbonyl (C=O) groups is 1. The number of halogens is 3. The number of nitrogens with zero attached hydrogens (tertiary/aromatic N) is 4. The van der Waals surface area contributed by atoms with E-state index in [1.807, 2.05) is 38.1 Å². The molecule has 0 radical (unpaired) electrons. The number of carbonyl (C=O) groups excluding carboxylic acids is 1. The summed E-state index contributed by atoms with van der Waals surface area (Å²) in [5, 5.41) is 1.04. The Hall–Kier alpha value is -2.87. The van der Waals surface area contributed by atoms with Gasteiger partial charge < -0.3 is 9.64 Å². The molecule has 2 amide bonds. The molecule has 2 heterocycles. The highest BCUT2D eigenvalue weighted by Crippen LogP contribution is 2.54. The van der Waals surface area contributed by atoms with Gasteiger partial charge in [0.05, 0.1) is 27.8 Å². The Morgan fingerprint density at radius 3 is 1.96 bits per heavy atom. The molecule has 0 aliphatic carbocycles. The lowest BCUT2D eigenvalue weighted by Crippen LogP contribution is -2.60. The molecule has 0 unspecified atom stereocenters. The van der Waals surface area contributed by atoms with Gasteiger partial charge in [-0.25, -0.2) is 21.6 Å². The number of urea groups is 1. The lowest BCUT2D eigenvalue weighted by Gasteiger charge is -2.47. The molecule has 3 aromatic carbocycles. The molecular formula is C36H43Cl3N4O6S2. The van der Waals surface area contributed by atoms with Crippen molar-refractivity contribution in [2.45, 2.75) is 50.1 Å². The summed E-state index contributed by atoms with van der Waals surface area (Å²) in [6.07, 6.45) is 1.59. The largest absolute Gasteiger partial charge is 0.493 e. The summed E-state index contributed by atoms with van der Waals surface area (Å²) in [5.74, 6) is 0.724. The van der Waals surface area contributed by atoms with E-state index in [0.717, 1.165) is 17.4 Å². The number of hydrogen-bond acceptors (Lipinski definition) is 8. The molecule has 51 heavy (non-hydrogen) atoms. The fraction of sp³-hybridized carbons (Fsp3) is 0.444. The Morgan fingerprint density at radius 1 is 0.863 bits per heavy atom. The smallest absolute Gasteiger partial charge is 0.326 e. The number of aliphatic imine (C=N–C) groups is 1. The van der Waals surface area contributed by atoms with Gasteiger partial charge in [0.25, 0.3) is 0 Å². The number of amides is 2. The summed E-state index contributed by atoms with van der Waals surface area (Å²) >= 11 is 19.2. The molecular weight excluding hydrogens is 755 g/mol. The first-order valence-corrected chi connectivity index (χ1v) is 21.6. The van der Waals surface area contributed by atoms with E-state index in [1.54, 1.807) is 47.9 Å². The number of ether oxygens (including phenoxy) is 1. The van der Waals surface area contributed by atoms with Gasteiger partial charge in [-0.3, -0.25) is 14.8 Å². The molecule has 10 nitrogen and oxygen atoms in total. The van der Waals surface area contributed by atoms with Crippen molar-refractivity contribution in [2.75, 3.05) is 57.1 Å². The van der Waals surface area contributed by atoms with E-state index < -0.39 is 30.8 Å². The minimum absolute atomic E-state index is 0.00930. The van der Waals surface area contributed by atoms with Gasteiger partial charge in [0.1, 0.15) is 32.5 Å². The molecule has 3 aromatic rings. The van der Waals surface area contributed by atoms with Crippen molar-refractivity contribution in [1.29, 1.82) is 0 Å². The fourth-order valence-electron chi connectivity index (χ4n) is 6.79. The highest BCUT2D eigenvalue weighted by atomic mass is 35.5. The molecule has 1 saturated heterocycles. The van der Waals surface area contributed by atoms with Crippen LogP contribution in [-0.2, 0) is 30.8 Å². The zero-order valence-corrected chi connectivity index (χ0v) is 33.2. The normalized spacial score (nSPS) is 21.5.